The number of nitrogens with zero attached hydrogens (tertiary/aromatic N) is 5. The minimum atomic E-state index is -0.478. The molecule has 0 spiro atoms. The fourth-order valence-electron chi connectivity index (χ4n) is 2.89. The largest absolute Gasteiger partial charge is 0.480 e. The zero-order valence-electron chi connectivity index (χ0n) is 15.3. The third kappa shape index (κ3) is 3.16. The van der Waals surface area contributed by atoms with Crippen molar-refractivity contribution in [2.45, 2.75) is 25.7 Å². The highest BCUT2D eigenvalue weighted by molar-refractivity contribution is 5.88. The van der Waals surface area contributed by atoms with Gasteiger partial charge in [-0.05, 0) is 31.9 Å². The molecule has 0 N–H and O–H groups in total. The van der Waals surface area contributed by atoms with Crippen LogP contribution in [0.25, 0.3) is 16.9 Å². The Morgan fingerprint density at radius 1 is 1.19 bits per heavy atom. The minimum Gasteiger partial charge on any atom is -0.480 e. The molecule has 0 bridgehead atoms. The van der Waals surface area contributed by atoms with Gasteiger partial charge in [0.05, 0.1) is 44.0 Å². The molecule has 0 atom stereocenters. The topological polar surface area (TPSA) is 101 Å². The minimum absolute atomic E-state index is 0.210. The van der Waals surface area contributed by atoms with E-state index in [9.17, 15) is 4.79 Å². The molecule has 1 aliphatic carbocycles. The van der Waals surface area contributed by atoms with Crippen LogP contribution in [0.3, 0.4) is 0 Å². The Morgan fingerprint density at radius 3 is 2.67 bits per heavy atom. The number of imidazole rings is 1. The molecule has 1 fully saturated rings. The zero-order valence-corrected chi connectivity index (χ0v) is 15.3. The fraction of sp³-hybridized carbons (Fsp3) is 0.389. The maximum Gasteiger partial charge on any atom is 0.358 e. The van der Waals surface area contributed by atoms with Crippen LogP contribution in [-0.4, -0.2) is 51.4 Å². The number of fused-ring (bicyclic) bond motifs is 1. The van der Waals surface area contributed by atoms with Crippen LogP contribution in [0, 0.1) is 0 Å². The molecule has 1 aliphatic rings. The summed E-state index contributed by atoms with van der Waals surface area (Å²) >= 11 is 0. The number of carbonyl (C=O) groups excluding carboxylic acids is 1. The third-order valence-corrected chi connectivity index (χ3v) is 4.28. The maximum atomic E-state index is 11.9. The summed E-state index contributed by atoms with van der Waals surface area (Å²) in [5.74, 6) is 0.260. The highest BCUT2D eigenvalue weighted by Crippen LogP contribution is 2.46. The predicted molar refractivity (Wildman–Crippen MR) is 95.0 cm³/mol. The van der Waals surface area contributed by atoms with Gasteiger partial charge in [0, 0.05) is 5.92 Å². The number of rotatable bonds is 6. The van der Waals surface area contributed by atoms with E-state index in [4.69, 9.17) is 14.2 Å². The number of hydrogen-bond acceptors (Lipinski definition) is 8. The SMILES string of the molecule is CCOC(=O)c1cn2nc(-c3c(OC)nc(OC)nc3C3CC3)ccc2n1. The molecular formula is C18H19N5O4. The molecule has 0 radical (unpaired) electrons. The predicted octanol–water partition coefficient (Wildman–Crippen LogP) is 2.26. The Bertz CT molecular complexity index is 1010. The molecule has 0 amide bonds. The van der Waals surface area contributed by atoms with Gasteiger partial charge in [-0.15, -0.1) is 0 Å². The number of ether oxygens (including phenoxy) is 3. The first-order valence-electron chi connectivity index (χ1n) is 8.68. The van der Waals surface area contributed by atoms with E-state index in [2.05, 4.69) is 20.1 Å². The summed E-state index contributed by atoms with van der Waals surface area (Å²) in [7, 11) is 3.08. The molecule has 4 rings (SSSR count). The molecule has 9 nitrogen and oxygen atoms in total. The lowest BCUT2D eigenvalue weighted by molar-refractivity contribution is 0.0520. The second kappa shape index (κ2) is 6.82. The molecule has 0 unspecified atom stereocenters. The number of methoxy groups -OCH3 is 2. The standard InChI is InChI=1S/C18H19N5O4/c1-4-27-17(24)12-9-23-13(19-12)8-7-11(22-23)14-15(10-5-6-10)20-18(26-3)21-16(14)25-2/h7-10H,4-6H2,1-3H3. The quantitative estimate of drug-likeness (QED) is 0.610. The van der Waals surface area contributed by atoms with E-state index in [0.29, 0.717) is 23.1 Å². The van der Waals surface area contributed by atoms with E-state index in [1.54, 1.807) is 30.8 Å². The second-order valence-corrected chi connectivity index (χ2v) is 6.12. The van der Waals surface area contributed by atoms with Crippen molar-refractivity contribution in [3.05, 3.63) is 29.7 Å². The van der Waals surface area contributed by atoms with Gasteiger partial charge in [-0.3, -0.25) is 0 Å². The first-order valence-corrected chi connectivity index (χ1v) is 8.68. The van der Waals surface area contributed by atoms with Crippen LogP contribution < -0.4 is 9.47 Å². The molecular weight excluding hydrogens is 350 g/mol. The van der Waals surface area contributed by atoms with Gasteiger partial charge in [0.25, 0.3) is 0 Å². The zero-order chi connectivity index (χ0) is 19.0. The molecule has 3 aromatic heterocycles. The summed E-state index contributed by atoms with van der Waals surface area (Å²) < 4.78 is 17.2. The Morgan fingerprint density at radius 2 is 2.00 bits per heavy atom. The molecule has 0 aromatic carbocycles. The Kier molecular flexibility index (Phi) is 4.35. The summed E-state index contributed by atoms with van der Waals surface area (Å²) in [6.07, 6.45) is 3.65. The molecule has 1 saturated carbocycles. The van der Waals surface area contributed by atoms with Gasteiger partial charge in [-0.2, -0.15) is 15.1 Å². The Labute approximate surface area is 155 Å². The van der Waals surface area contributed by atoms with Gasteiger partial charge >= 0.3 is 12.0 Å². The van der Waals surface area contributed by atoms with Gasteiger partial charge in [-0.1, -0.05) is 0 Å². The van der Waals surface area contributed by atoms with Crippen LogP contribution in [0.2, 0.25) is 0 Å². The Hall–Kier alpha value is -3.23. The molecule has 3 heterocycles. The van der Waals surface area contributed by atoms with Crippen molar-refractivity contribution in [1.29, 1.82) is 0 Å². The lowest BCUT2D eigenvalue weighted by atomic mass is 10.1. The van der Waals surface area contributed by atoms with Gasteiger partial charge in [-0.25, -0.2) is 14.3 Å². The van der Waals surface area contributed by atoms with Gasteiger partial charge in [0.1, 0.15) is 0 Å². The highest BCUT2D eigenvalue weighted by Gasteiger charge is 2.32. The maximum absolute atomic E-state index is 11.9. The van der Waals surface area contributed by atoms with E-state index >= 15 is 0 Å². The summed E-state index contributed by atoms with van der Waals surface area (Å²) in [5.41, 5.74) is 2.98. The van der Waals surface area contributed by atoms with Crippen molar-refractivity contribution < 1.29 is 19.0 Å². The molecule has 27 heavy (non-hydrogen) atoms. The van der Waals surface area contributed by atoms with Crippen LogP contribution in [-0.2, 0) is 4.74 Å². The van der Waals surface area contributed by atoms with E-state index in [1.807, 2.05) is 6.07 Å². The molecule has 3 aromatic rings. The van der Waals surface area contributed by atoms with E-state index in [-0.39, 0.29) is 18.3 Å². The molecule has 0 saturated heterocycles. The Balaban J connectivity index is 1.83. The summed E-state index contributed by atoms with van der Waals surface area (Å²) in [6.45, 7) is 2.04. The lowest BCUT2D eigenvalue weighted by Gasteiger charge is -2.13. The van der Waals surface area contributed by atoms with Crippen molar-refractivity contribution in [3.8, 4) is 23.1 Å². The summed E-state index contributed by atoms with van der Waals surface area (Å²) in [5, 5.41) is 4.59. The number of carbonyl (C=O) groups is 1. The third-order valence-electron chi connectivity index (χ3n) is 4.28. The lowest BCUT2D eigenvalue weighted by Crippen LogP contribution is -2.05. The average molecular weight is 369 g/mol. The van der Waals surface area contributed by atoms with Gasteiger partial charge in [0.15, 0.2) is 11.3 Å². The summed E-state index contributed by atoms with van der Waals surface area (Å²) in [6, 6.07) is 3.87. The second-order valence-electron chi connectivity index (χ2n) is 6.12. The smallest absolute Gasteiger partial charge is 0.358 e. The monoisotopic (exact) mass is 369 g/mol. The van der Waals surface area contributed by atoms with Gasteiger partial charge in [0.2, 0.25) is 5.88 Å². The van der Waals surface area contributed by atoms with Gasteiger partial charge < -0.3 is 14.2 Å². The van der Waals surface area contributed by atoms with E-state index < -0.39 is 5.97 Å². The van der Waals surface area contributed by atoms with Crippen molar-refractivity contribution in [3.63, 3.8) is 0 Å². The van der Waals surface area contributed by atoms with Crippen LogP contribution in [0.1, 0.15) is 41.9 Å². The van der Waals surface area contributed by atoms with Crippen LogP contribution in [0.5, 0.6) is 11.9 Å². The van der Waals surface area contributed by atoms with Crippen molar-refractivity contribution >= 4 is 11.6 Å². The number of hydrogen-bond donors (Lipinski definition) is 0. The van der Waals surface area contributed by atoms with Crippen LogP contribution in [0.4, 0.5) is 0 Å². The normalized spacial score (nSPS) is 13.6. The van der Waals surface area contributed by atoms with E-state index in [1.165, 1.54) is 7.11 Å². The molecule has 9 heteroatoms. The molecule has 140 valence electrons. The first-order chi connectivity index (χ1) is 13.1. The van der Waals surface area contributed by atoms with Crippen molar-refractivity contribution in [1.82, 2.24) is 24.6 Å². The van der Waals surface area contributed by atoms with Crippen molar-refractivity contribution in [2.24, 2.45) is 0 Å². The number of esters is 1. The summed E-state index contributed by atoms with van der Waals surface area (Å²) in [4.78, 5) is 25.0. The van der Waals surface area contributed by atoms with Crippen LogP contribution in [0.15, 0.2) is 18.3 Å². The van der Waals surface area contributed by atoms with E-state index in [0.717, 1.165) is 24.1 Å². The van der Waals surface area contributed by atoms with Crippen LogP contribution >= 0.6 is 0 Å². The highest BCUT2D eigenvalue weighted by atomic mass is 16.5. The average Bonchev–Trinajstić information content (AvgIpc) is 3.45. The molecule has 0 aliphatic heterocycles. The first kappa shape index (κ1) is 17.2. The fourth-order valence-corrected chi connectivity index (χ4v) is 2.89. The van der Waals surface area contributed by atoms with Crippen molar-refractivity contribution in [2.75, 3.05) is 20.8 Å². The number of aromatic nitrogens is 5.